The lowest BCUT2D eigenvalue weighted by Crippen LogP contribution is -2.44. The van der Waals surface area contributed by atoms with Crippen LogP contribution in [-0.2, 0) is 9.53 Å². The molecule has 0 radical (unpaired) electrons. The molecule has 1 aliphatic carbocycles. The molecule has 3 nitrogen and oxygen atoms in total. The zero-order valence-corrected chi connectivity index (χ0v) is 12.9. The Kier molecular flexibility index (Phi) is 7.90. The number of esters is 1. The summed E-state index contributed by atoms with van der Waals surface area (Å²) in [7, 11) is 0. The number of carbonyl (C=O) groups is 1. The summed E-state index contributed by atoms with van der Waals surface area (Å²) in [6, 6.07) is 0. The van der Waals surface area contributed by atoms with Crippen molar-refractivity contribution in [2.75, 3.05) is 6.61 Å². The molecule has 1 aliphatic rings. The van der Waals surface area contributed by atoms with E-state index in [1.54, 1.807) is 6.92 Å². The van der Waals surface area contributed by atoms with Crippen molar-refractivity contribution in [1.29, 1.82) is 0 Å². The van der Waals surface area contributed by atoms with E-state index in [-0.39, 0.29) is 0 Å². The van der Waals surface area contributed by atoms with E-state index in [0.29, 0.717) is 25.4 Å². The minimum atomic E-state index is -1.22. The molecule has 0 aliphatic heterocycles. The lowest BCUT2D eigenvalue weighted by atomic mass is 9.76. The highest BCUT2D eigenvalue weighted by atomic mass is 16.5. The van der Waals surface area contributed by atoms with Crippen LogP contribution in [0.15, 0.2) is 12.7 Å². The first kappa shape index (κ1) is 17.2. The Morgan fingerprint density at radius 3 is 2.85 bits per heavy atom. The predicted molar refractivity (Wildman–Crippen MR) is 81.4 cm³/mol. The number of unbranched alkanes of at least 4 members (excludes halogenated alkanes) is 4. The molecule has 0 aromatic heterocycles. The van der Waals surface area contributed by atoms with E-state index in [9.17, 15) is 9.90 Å². The van der Waals surface area contributed by atoms with Gasteiger partial charge in [-0.3, -0.25) is 0 Å². The van der Waals surface area contributed by atoms with E-state index in [1.165, 1.54) is 25.7 Å². The van der Waals surface area contributed by atoms with Crippen LogP contribution >= 0.6 is 0 Å². The first-order chi connectivity index (χ1) is 9.62. The van der Waals surface area contributed by atoms with Gasteiger partial charge in [0, 0.05) is 0 Å². The molecule has 20 heavy (non-hydrogen) atoms. The molecule has 1 fully saturated rings. The van der Waals surface area contributed by atoms with E-state index < -0.39 is 11.6 Å². The van der Waals surface area contributed by atoms with E-state index in [1.807, 2.05) is 6.08 Å². The van der Waals surface area contributed by atoms with Gasteiger partial charge in [-0.25, -0.2) is 4.79 Å². The number of aliphatic hydroxyl groups is 1. The number of allylic oxidation sites excluding steroid dienone is 1. The number of ether oxygens (including phenoxy) is 1. The van der Waals surface area contributed by atoms with Gasteiger partial charge >= 0.3 is 5.97 Å². The molecule has 2 unspecified atom stereocenters. The molecule has 0 aromatic carbocycles. The summed E-state index contributed by atoms with van der Waals surface area (Å²) in [5.74, 6) is 0.0493. The van der Waals surface area contributed by atoms with Crippen LogP contribution in [0.5, 0.6) is 0 Å². The fourth-order valence-electron chi connectivity index (χ4n) is 3.14. The van der Waals surface area contributed by atoms with Crippen molar-refractivity contribution >= 4 is 5.97 Å². The smallest absolute Gasteiger partial charge is 0.338 e. The van der Waals surface area contributed by atoms with Gasteiger partial charge in [0.05, 0.1) is 6.61 Å². The third kappa shape index (κ3) is 5.66. The van der Waals surface area contributed by atoms with Gasteiger partial charge in [-0.15, -0.1) is 6.58 Å². The van der Waals surface area contributed by atoms with E-state index >= 15 is 0 Å². The second-order valence-corrected chi connectivity index (χ2v) is 5.99. The number of rotatable bonds is 9. The molecule has 2 atom stereocenters. The topological polar surface area (TPSA) is 46.5 Å². The Hall–Kier alpha value is -0.830. The quantitative estimate of drug-likeness (QED) is 0.395. The maximum absolute atomic E-state index is 11.8. The van der Waals surface area contributed by atoms with E-state index in [4.69, 9.17) is 4.74 Å². The average Bonchev–Trinajstić information content (AvgIpc) is 2.43. The maximum atomic E-state index is 11.8. The van der Waals surface area contributed by atoms with Crippen molar-refractivity contribution < 1.29 is 14.6 Å². The highest BCUT2D eigenvalue weighted by Gasteiger charge is 2.41. The van der Waals surface area contributed by atoms with Gasteiger partial charge in [-0.05, 0) is 44.9 Å². The fraction of sp³-hybridized carbons (Fsp3) is 0.824. The Balaban J connectivity index is 2.26. The molecular formula is C17H30O3. The van der Waals surface area contributed by atoms with Gasteiger partial charge in [0.15, 0.2) is 5.60 Å². The lowest BCUT2D eigenvalue weighted by Gasteiger charge is -2.34. The zero-order chi connectivity index (χ0) is 14.8. The summed E-state index contributed by atoms with van der Waals surface area (Å²) < 4.78 is 5.00. The SMILES string of the molecule is C=CCCCCCCC1CCCC(O)(C(=O)OCC)C1. The first-order valence-corrected chi connectivity index (χ1v) is 8.13. The number of carbonyl (C=O) groups excluding carboxylic acids is 1. The van der Waals surface area contributed by atoms with Crippen LogP contribution in [0.4, 0.5) is 0 Å². The summed E-state index contributed by atoms with van der Waals surface area (Å²) in [6.45, 7) is 5.85. The molecule has 0 heterocycles. The van der Waals surface area contributed by atoms with Crippen LogP contribution in [0, 0.1) is 5.92 Å². The van der Waals surface area contributed by atoms with Crippen LogP contribution in [0.25, 0.3) is 0 Å². The Labute approximate surface area is 123 Å². The fourth-order valence-corrected chi connectivity index (χ4v) is 3.14. The maximum Gasteiger partial charge on any atom is 0.338 e. The Morgan fingerprint density at radius 2 is 2.15 bits per heavy atom. The standard InChI is InChI=1S/C17H30O3/c1-3-5-6-7-8-9-11-15-12-10-13-17(19,14-15)16(18)20-4-2/h3,15,19H,1,4-14H2,2H3. The molecule has 3 heteroatoms. The van der Waals surface area contributed by atoms with Crippen molar-refractivity contribution in [2.45, 2.75) is 76.7 Å². The van der Waals surface area contributed by atoms with Gasteiger partial charge in [0.25, 0.3) is 0 Å². The van der Waals surface area contributed by atoms with Crippen LogP contribution in [0.1, 0.15) is 71.1 Å². The summed E-state index contributed by atoms with van der Waals surface area (Å²) in [6.07, 6.45) is 12.3. The van der Waals surface area contributed by atoms with Crippen molar-refractivity contribution in [2.24, 2.45) is 5.92 Å². The van der Waals surface area contributed by atoms with Crippen molar-refractivity contribution in [1.82, 2.24) is 0 Å². The molecule has 1 N–H and O–H groups in total. The number of hydrogen-bond acceptors (Lipinski definition) is 3. The summed E-state index contributed by atoms with van der Waals surface area (Å²) in [5.41, 5.74) is -1.22. The van der Waals surface area contributed by atoms with Crippen LogP contribution in [0.2, 0.25) is 0 Å². The number of hydrogen-bond donors (Lipinski definition) is 1. The summed E-state index contributed by atoms with van der Waals surface area (Å²) >= 11 is 0. The van der Waals surface area contributed by atoms with Gasteiger partial charge in [0.2, 0.25) is 0 Å². The molecule has 0 aromatic rings. The average molecular weight is 282 g/mol. The van der Waals surface area contributed by atoms with Crippen LogP contribution in [0.3, 0.4) is 0 Å². The van der Waals surface area contributed by atoms with Gasteiger partial charge in [-0.1, -0.05) is 38.2 Å². The largest absolute Gasteiger partial charge is 0.464 e. The van der Waals surface area contributed by atoms with Gasteiger partial charge in [-0.2, -0.15) is 0 Å². The molecule has 0 amide bonds. The monoisotopic (exact) mass is 282 g/mol. The minimum absolute atomic E-state index is 0.342. The molecule has 0 bridgehead atoms. The molecule has 1 saturated carbocycles. The molecular weight excluding hydrogens is 252 g/mol. The highest BCUT2D eigenvalue weighted by molar-refractivity contribution is 5.79. The third-order valence-electron chi connectivity index (χ3n) is 4.26. The van der Waals surface area contributed by atoms with Crippen molar-refractivity contribution in [3.63, 3.8) is 0 Å². The summed E-state index contributed by atoms with van der Waals surface area (Å²) in [4.78, 5) is 11.8. The lowest BCUT2D eigenvalue weighted by molar-refractivity contribution is -0.170. The van der Waals surface area contributed by atoms with Gasteiger partial charge in [0.1, 0.15) is 0 Å². The Bertz CT molecular complexity index is 301. The third-order valence-corrected chi connectivity index (χ3v) is 4.26. The van der Waals surface area contributed by atoms with Crippen LogP contribution < -0.4 is 0 Å². The molecule has 0 saturated heterocycles. The van der Waals surface area contributed by atoms with Crippen LogP contribution in [-0.4, -0.2) is 23.3 Å². The molecule has 1 rings (SSSR count). The second-order valence-electron chi connectivity index (χ2n) is 5.99. The first-order valence-electron chi connectivity index (χ1n) is 8.13. The molecule has 116 valence electrons. The predicted octanol–water partition coefficient (Wildman–Crippen LogP) is 4.00. The van der Waals surface area contributed by atoms with Crippen molar-refractivity contribution in [3.05, 3.63) is 12.7 Å². The normalized spacial score (nSPS) is 26.2. The Morgan fingerprint density at radius 1 is 1.40 bits per heavy atom. The molecule has 0 spiro atoms. The van der Waals surface area contributed by atoms with Gasteiger partial charge < -0.3 is 9.84 Å². The van der Waals surface area contributed by atoms with E-state index in [0.717, 1.165) is 25.7 Å². The highest BCUT2D eigenvalue weighted by Crippen LogP contribution is 2.36. The zero-order valence-electron chi connectivity index (χ0n) is 12.9. The second kappa shape index (κ2) is 9.17. The minimum Gasteiger partial charge on any atom is -0.464 e. The van der Waals surface area contributed by atoms with E-state index in [2.05, 4.69) is 6.58 Å². The summed E-state index contributed by atoms with van der Waals surface area (Å²) in [5, 5.41) is 10.4. The van der Waals surface area contributed by atoms with Crippen molar-refractivity contribution in [3.8, 4) is 0 Å².